The van der Waals surface area contributed by atoms with Crippen LogP contribution in [0.1, 0.15) is 30.5 Å². The number of benzene rings is 2. The number of carbonyl (C=O) groups excluding carboxylic acids is 1. The van der Waals surface area contributed by atoms with Gasteiger partial charge < -0.3 is 10.1 Å². The van der Waals surface area contributed by atoms with Crippen molar-refractivity contribution in [2.24, 2.45) is 0 Å². The monoisotopic (exact) mass is 395 g/mol. The van der Waals surface area contributed by atoms with Crippen LogP contribution >= 0.6 is 11.3 Å². The summed E-state index contributed by atoms with van der Waals surface area (Å²) in [6.07, 6.45) is 0. The predicted octanol–water partition coefficient (Wildman–Crippen LogP) is 4.80. The van der Waals surface area contributed by atoms with Crippen molar-refractivity contribution < 1.29 is 9.53 Å². The summed E-state index contributed by atoms with van der Waals surface area (Å²) in [6.45, 7) is 5.91. The highest BCUT2D eigenvalue weighted by molar-refractivity contribution is 7.09. The van der Waals surface area contributed by atoms with Gasteiger partial charge in [-0.1, -0.05) is 36.4 Å². The molecule has 0 aliphatic carbocycles. The van der Waals surface area contributed by atoms with E-state index in [1.807, 2.05) is 38.1 Å². The average Bonchev–Trinajstić information content (AvgIpc) is 3.14. The lowest BCUT2D eigenvalue weighted by atomic mass is 10.0. The molecule has 0 bridgehead atoms. The molecule has 2 N–H and O–H groups in total. The van der Waals surface area contributed by atoms with Crippen LogP contribution in [0.3, 0.4) is 0 Å². The first-order valence-corrected chi connectivity index (χ1v) is 10.1. The van der Waals surface area contributed by atoms with Gasteiger partial charge in [0.15, 0.2) is 0 Å². The zero-order valence-electron chi connectivity index (χ0n) is 16.5. The third-order valence-electron chi connectivity index (χ3n) is 4.58. The summed E-state index contributed by atoms with van der Waals surface area (Å²) >= 11 is 1.65. The summed E-state index contributed by atoms with van der Waals surface area (Å²) < 4.78 is 5.29. The van der Waals surface area contributed by atoms with Gasteiger partial charge in [-0.15, -0.1) is 11.3 Å². The molecule has 2 aromatic carbocycles. The van der Waals surface area contributed by atoms with Gasteiger partial charge in [-0.3, -0.25) is 10.1 Å². The summed E-state index contributed by atoms with van der Waals surface area (Å²) in [7, 11) is 1.59. The lowest BCUT2D eigenvalue weighted by molar-refractivity contribution is -0.117. The van der Waals surface area contributed by atoms with Gasteiger partial charge in [-0.25, -0.2) is 4.98 Å². The first-order chi connectivity index (χ1) is 13.5. The molecule has 1 heterocycles. The van der Waals surface area contributed by atoms with Crippen LogP contribution in [0.25, 0.3) is 11.3 Å². The van der Waals surface area contributed by atoms with E-state index in [1.165, 1.54) is 0 Å². The SMILES string of the molecule is COc1ccccc1NC(=O)[C@@H](C)N[C@H](C)c1ccc(-c2csc(C)n2)cc1. The molecule has 0 aliphatic rings. The Hall–Kier alpha value is -2.70. The fraction of sp³-hybridized carbons (Fsp3) is 0.273. The Balaban J connectivity index is 1.61. The fourth-order valence-corrected chi connectivity index (χ4v) is 3.60. The summed E-state index contributed by atoms with van der Waals surface area (Å²) in [6, 6.07) is 15.3. The molecule has 0 radical (unpaired) electrons. The molecule has 146 valence electrons. The number of nitrogens with zero attached hydrogens (tertiary/aromatic N) is 1. The van der Waals surface area contributed by atoms with Gasteiger partial charge >= 0.3 is 0 Å². The highest BCUT2D eigenvalue weighted by Gasteiger charge is 2.18. The van der Waals surface area contributed by atoms with Crippen LogP contribution in [0, 0.1) is 6.92 Å². The van der Waals surface area contributed by atoms with Crippen LogP contribution in [0.2, 0.25) is 0 Å². The number of nitrogens with one attached hydrogen (secondary N) is 2. The lowest BCUT2D eigenvalue weighted by Crippen LogP contribution is -2.39. The fourth-order valence-electron chi connectivity index (χ4n) is 2.97. The largest absolute Gasteiger partial charge is 0.495 e. The topological polar surface area (TPSA) is 63.2 Å². The minimum Gasteiger partial charge on any atom is -0.495 e. The molecule has 0 unspecified atom stereocenters. The van der Waals surface area contributed by atoms with Crippen LogP contribution in [0.5, 0.6) is 5.75 Å². The molecule has 0 aliphatic heterocycles. The number of hydrogen-bond acceptors (Lipinski definition) is 5. The van der Waals surface area contributed by atoms with Crippen LogP contribution < -0.4 is 15.4 Å². The number of anilines is 1. The van der Waals surface area contributed by atoms with Gasteiger partial charge in [0.05, 0.1) is 29.5 Å². The maximum absolute atomic E-state index is 12.6. The molecule has 3 aromatic rings. The van der Waals surface area contributed by atoms with Crippen LogP contribution in [-0.2, 0) is 4.79 Å². The van der Waals surface area contributed by atoms with E-state index in [2.05, 4.69) is 52.2 Å². The molecular weight excluding hydrogens is 370 g/mol. The van der Waals surface area contributed by atoms with Gasteiger partial charge in [-0.2, -0.15) is 0 Å². The Morgan fingerprint density at radius 1 is 1.11 bits per heavy atom. The van der Waals surface area contributed by atoms with Crippen molar-refractivity contribution in [1.82, 2.24) is 10.3 Å². The molecule has 2 atom stereocenters. The number of aryl methyl sites for hydroxylation is 1. The second-order valence-electron chi connectivity index (χ2n) is 6.67. The predicted molar refractivity (Wildman–Crippen MR) is 115 cm³/mol. The maximum Gasteiger partial charge on any atom is 0.241 e. The average molecular weight is 396 g/mol. The lowest BCUT2D eigenvalue weighted by Gasteiger charge is -2.20. The second kappa shape index (κ2) is 8.99. The van der Waals surface area contributed by atoms with E-state index in [1.54, 1.807) is 18.4 Å². The minimum absolute atomic E-state index is 0.0321. The summed E-state index contributed by atoms with van der Waals surface area (Å²) in [5, 5.41) is 9.39. The smallest absolute Gasteiger partial charge is 0.241 e. The molecule has 1 aromatic heterocycles. The number of carbonyl (C=O) groups is 1. The van der Waals surface area contributed by atoms with Crippen molar-refractivity contribution >= 4 is 22.9 Å². The normalized spacial score (nSPS) is 13.0. The zero-order valence-corrected chi connectivity index (χ0v) is 17.3. The Labute approximate surface area is 169 Å². The van der Waals surface area contributed by atoms with E-state index in [0.29, 0.717) is 11.4 Å². The first kappa shape index (κ1) is 20.0. The Morgan fingerprint density at radius 3 is 2.46 bits per heavy atom. The summed E-state index contributed by atoms with van der Waals surface area (Å²) in [5.41, 5.74) is 3.88. The van der Waals surface area contributed by atoms with Gasteiger partial charge in [-0.05, 0) is 38.5 Å². The Bertz CT molecular complexity index is 937. The number of rotatable bonds is 7. The van der Waals surface area contributed by atoms with Gasteiger partial charge in [0.25, 0.3) is 0 Å². The van der Waals surface area contributed by atoms with E-state index in [4.69, 9.17) is 4.74 Å². The molecule has 3 rings (SSSR count). The van der Waals surface area contributed by atoms with Crippen molar-refractivity contribution in [3.8, 4) is 17.0 Å². The molecule has 6 heteroatoms. The number of thiazole rings is 1. The van der Waals surface area contributed by atoms with E-state index < -0.39 is 0 Å². The van der Waals surface area contributed by atoms with Crippen molar-refractivity contribution in [3.05, 3.63) is 64.5 Å². The molecular formula is C22H25N3O2S. The molecule has 1 amide bonds. The van der Waals surface area contributed by atoms with Gasteiger partial charge in [0, 0.05) is 17.0 Å². The summed E-state index contributed by atoms with van der Waals surface area (Å²) in [4.78, 5) is 17.1. The Kier molecular flexibility index (Phi) is 6.44. The van der Waals surface area contributed by atoms with Gasteiger partial charge in [0.2, 0.25) is 5.91 Å². The number of ether oxygens (including phenoxy) is 1. The zero-order chi connectivity index (χ0) is 20.1. The molecule has 0 saturated carbocycles. The van der Waals surface area contributed by atoms with E-state index in [9.17, 15) is 4.79 Å². The van der Waals surface area contributed by atoms with E-state index in [-0.39, 0.29) is 18.0 Å². The van der Waals surface area contributed by atoms with Crippen molar-refractivity contribution in [2.45, 2.75) is 32.9 Å². The third kappa shape index (κ3) is 4.77. The molecule has 0 fully saturated rings. The quantitative estimate of drug-likeness (QED) is 0.603. The molecule has 5 nitrogen and oxygen atoms in total. The highest BCUT2D eigenvalue weighted by atomic mass is 32.1. The number of methoxy groups -OCH3 is 1. The molecule has 0 spiro atoms. The van der Waals surface area contributed by atoms with Crippen molar-refractivity contribution in [2.75, 3.05) is 12.4 Å². The maximum atomic E-state index is 12.6. The van der Waals surface area contributed by atoms with E-state index >= 15 is 0 Å². The van der Waals surface area contributed by atoms with Crippen molar-refractivity contribution in [3.63, 3.8) is 0 Å². The number of amides is 1. The van der Waals surface area contributed by atoms with Crippen LogP contribution in [-0.4, -0.2) is 24.0 Å². The molecule has 0 saturated heterocycles. The second-order valence-corrected chi connectivity index (χ2v) is 7.74. The van der Waals surface area contributed by atoms with Crippen molar-refractivity contribution in [1.29, 1.82) is 0 Å². The van der Waals surface area contributed by atoms with Gasteiger partial charge in [0.1, 0.15) is 5.75 Å². The standard InChI is InChI=1S/C22H25N3O2S/c1-14(17-9-11-18(12-10-17)20-13-28-16(3)24-20)23-15(2)22(26)25-19-7-5-6-8-21(19)27-4/h5-15,23H,1-4H3,(H,25,26)/t14-,15-/m1/s1. The third-order valence-corrected chi connectivity index (χ3v) is 5.36. The van der Waals surface area contributed by atoms with Crippen LogP contribution in [0.4, 0.5) is 5.69 Å². The summed E-state index contributed by atoms with van der Waals surface area (Å²) in [5.74, 6) is 0.537. The van der Waals surface area contributed by atoms with E-state index in [0.717, 1.165) is 21.8 Å². The number of aromatic nitrogens is 1. The number of hydrogen-bond donors (Lipinski definition) is 2. The Morgan fingerprint density at radius 2 is 1.82 bits per heavy atom. The highest BCUT2D eigenvalue weighted by Crippen LogP contribution is 2.25. The molecule has 28 heavy (non-hydrogen) atoms. The van der Waals surface area contributed by atoms with Crippen LogP contribution in [0.15, 0.2) is 53.9 Å². The first-order valence-electron chi connectivity index (χ1n) is 9.20. The number of para-hydroxylation sites is 2. The minimum atomic E-state index is -0.360.